The Kier molecular flexibility index (Phi) is 9.21. The van der Waals surface area contributed by atoms with Crippen LogP contribution in [0.15, 0.2) is 0 Å². The summed E-state index contributed by atoms with van der Waals surface area (Å²) in [6.07, 6.45) is 8.91. The zero-order valence-corrected chi connectivity index (χ0v) is 9.07. The molecule has 0 aliphatic rings. The lowest BCUT2D eigenvalue weighted by Gasteiger charge is -1.91. The Hall–Kier alpha value is -0.423. The molecule has 0 unspecified atom stereocenters. The molecule has 0 saturated heterocycles. The van der Waals surface area contributed by atoms with Gasteiger partial charge in [-0.3, -0.25) is 0 Å². The SMILES string of the molecule is CCCCCCC#CO[SiH2]C. The normalized spacial score (nSPS) is 9.64. The summed E-state index contributed by atoms with van der Waals surface area (Å²) < 4.78 is 5.02. The van der Waals surface area contributed by atoms with Gasteiger partial charge in [-0.2, -0.15) is 0 Å². The molecule has 0 aromatic heterocycles. The quantitative estimate of drug-likeness (QED) is 0.349. The second-order valence-corrected chi connectivity index (χ2v) is 3.39. The van der Waals surface area contributed by atoms with Gasteiger partial charge in [-0.25, -0.2) is 0 Å². The Morgan fingerprint density at radius 1 is 1.27 bits per heavy atom. The van der Waals surface area contributed by atoms with E-state index < -0.39 is 0 Å². The zero-order valence-electron chi connectivity index (χ0n) is 7.65. The van der Waals surface area contributed by atoms with Crippen molar-refractivity contribution in [1.29, 1.82) is 0 Å². The van der Waals surface area contributed by atoms with E-state index in [1.54, 1.807) is 0 Å². The molecule has 0 aromatic rings. The molecule has 2 heteroatoms. The first-order chi connectivity index (χ1) is 5.41. The van der Waals surface area contributed by atoms with Crippen LogP contribution in [-0.2, 0) is 4.43 Å². The number of rotatable bonds is 5. The maximum atomic E-state index is 5.02. The Bertz CT molecular complexity index is 123. The topological polar surface area (TPSA) is 9.23 Å². The van der Waals surface area contributed by atoms with Gasteiger partial charge in [-0.05, 0) is 13.0 Å². The molecule has 0 spiro atoms. The lowest BCUT2D eigenvalue weighted by atomic mass is 10.2. The van der Waals surface area contributed by atoms with E-state index in [4.69, 9.17) is 4.43 Å². The van der Waals surface area contributed by atoms with E-state index in [-0.39, 0.29) is 9.76 Å². The van der Waals surface area contributed by atoms with Crippen molar-refractivity contribution in [2.75, 3.05) is 0 Å². The van der Waals surface area contributed by atoms with Crippen LogP contribution in [0.4, 0.5) is 0 Å². The average Bonchev–Trinajstić information content (AvgIpc) is 2.03. The zero-order chi connectivity index (χ0) is 8.36. The van der Waals surface area contributed by atoms with Crippen LogP contribution in [0.5, 0.6) is 0 Å². The Balaban J connectivity index is 2.96. The highest BCUT2D eigenvalue weighted by atomic mass is 28.2. The lowest BCUT2D eigenvalue weighted by Crippen LogP contribution is -1.82. The number of unbranched alkanes of at least 4 members (excludes halogenated alkanes) is 4. The van der Waals surface area contributed by atoms with Crippen molar-refractivity contribution in [1.82, 2.24) is 0 Å². The molecule has 11 heavy (non-hydrogen) atoms. The van der Waals surface area contributed by atoms with Crippen LogP contribution in [0.2, 0.25) is 6.55 Å². The summed E-state index contributed by atoms with van der Waals surface area (Å²) in [4.78, 5) is 0. The molecule has 0 heterocycles. The summed E-state index contributed by atoms with van der Waals surface area (Å²) in [5, 5.41) is 0. The predicted molar refractivity (Wildman–Crippen MR) is 52.0 cm³/mol. The van der Waals surface area contributed by atoms with Crippen molar-refractivity contribution in [2.24, 2.45) is 0 Å². The second kappa shape index (κ2) is 9.58. The first kappa shape index (κ1) is 10.6. The van der Waals surface area contributed by atoms with Crippen LogP contribution in [0.3, 0.4) is 0 Å². The van der Waals surface area contributed by atoms with Gasteiger partial charge in [0.2, 0.25) is 9.76 Å². The second-order valence-electron chi connectivity index (χ2n) is 2.52. The molecule has 0 bridgehead atoms. The molecular weight excluding hydrogens is 152 g/mol. The Labute approximate surface area is 72.5 Å². The first-order valence-electron chi connectivity index (χ1n) is 4.51. The van der Waals surface area contributed by atoms with Crippen LogP contribution >= 0.6 is 0 Å². The summed E-state index contributed by atoms with van der Waals surface area (Å²) in [5.74, 6) is 3.01. The van der Waals surface area contributed by atoms with E-state index in [0.29, 0.717) is 0 Å². The third kappa shape index (κ3) is 9.58. The third-order valence-corrected chi connectivity index (χ3v) is 1.88. The van der Waals surface area contributed by atoms with Gasteiger partial charge in [0.05, 0.1) is 6.11 Å². The van der Waals surface area contributed by atoms with Crippen molar-refractivity contribution < 1.29 is 4.43 Å². The van der Waals surface area contributed by atoms with Crippen LogP contribution in [0.1, 0.15) is 39.0 Å². The Morgan fingerprint density at radius 2 is 2.09 bits per heavy atom. The summed E-state index contributed by atoms with van der Waals surface area (Å²) in [5.41, 5.74) is 0. The molecule has 0 fully saturated rings. The van der Waals surface area contributed by atoms with E-state index >= 15 is 0 Å². The van der Waals surface area contributed by atoms with Gasteiger partial charge in [0.1, 0.15) is 0 Å². The van der Waals surface area contributed by atoms with E-state index in [1.165, 1.54) is 25.7 Å². The lowest BCUT2D eigenvalue weighted by molar-refractivity contribution is 0.560. The van der Waals surface area contributed by atoms with Gasteiger partial charge in [0.25, 0.3) is 0 Å². The molecule has 0 aliphatic carbocycles. The smallest absolute Gasteiger partial charge is 0.232 e. The maximum absolute atomic E-state index is 5.02. The third-order valence-electron chi connectivity index (χ3n) is 1.44. The molecule has 0 amide bonds. The minimum Gasteiger partial charge on any atom is -0.509 e. The highest BCUT2D eigenvalue weighted by Crippen LogP contribution is 2.00. The average molecular weight is 170 g/mol. The van der Waals surface area contributed by atoms with E-state index in [2.05, 4.69) is 25.5 Å². The van der Waals surface area contributed by atoms with Gasteiger partial charge in [0.15, 0.2) is 0 Å². The van der Waals surface area contributed by atoms with Gasteiger partial charge in [-0.15, -0.1) is 0 Å². The molecular formula is C9H18OSi. The fraction of sp³-hybridized carbons (Fsp3) is 0.778. The van der Waals surface area contributed by atoms with Gasteiger partial charge >= 0.3 is 0 Å². The van der Waals surface area contributed by atoms with E-state index in [0.717, 1.165) is 6.42 Å². The molecule has 0 atom stereocenters. The van der Waals surface area contributed by atoms with Crippen LogP contribution in [-0.4, -0.2) is 9.76 Å². The summed E-state index contributed by atoms with van der Waals surface area (Å²) in [6.45, 7) is 4.31. The summed E-state index contributed by atoms with van der Waals surface area (Å²) >= 11 is 0. The van der Waals surface area contributed by atoms with Crippen molar-refractivity contribution in [3.63, 3.8) is 0 Å². The molecule has 0 aromatic carbocycles. The van der Waals surface area contributed by atoms with Crippen molar-refractivity contribution in [3.05, 3.63) is 0 Å². The van der Waals surface area contributed by atoms with Crippen molar-refractivity contribution >= 4 is 9.76 Å². The van der Waals surface area contributed by atoms with Gasteiger partial charge in [-0.1, -0.05) is 32.1 Å². The molecule has 0 aliphatic heterocycles. The first-order valence-corrected chi connectivity index (χ1v) is 6.50. The van der Waals surface area contributed by atoms with Crippen molar-refractivity contribution in [3.8, 4) is 12.0 Å². The largest absolute Gasteiger partial charge is 0.509 e. The van der Waals surface area contributed by atoms with Crippen LogP contribution in [0.25, 0.3) is 0 Å². The fourth-order valence-electron chi connectivity index (χ4n) is 0.814. The molecule has 64 valence electrons. The maximum Gasteiger partial charge on any atom is 0.232 e. The van der Waals surface area contributed by atoms with E-state index in [9.17, 15) is 0 Å². The molecule has 0 rings (SSSR count). The van der Waals surface area contributed by atoms with Crippen molar-refractivity contribution in [2.45, 2.75) is 45.6 Å². The number of hydrogen-bond donors (Lipinski definition) is 0. The van der Waals surface area contributed by atoms with Gasteiger partial charge in [0, 0.05) is 6.42 Å². The molecule has 0 N–H and O–H groups in total. The van der Waals surface area contributed by atoms with Crippen LogP contribution in [0, 0.1) is 12.0 Å². The summed E-state index contributed by atoms with van der Waals surface area (Å²) in [6, 6.07) is 0. The highest BCUT2D eigenvalue weighted by molar-refractivity contribution is 6.25. The molecule has 1 nitrogen and oxygen atoms in total. The number of hydrogen-bond acceptors (Lipinski definition) is 1. The summed E-state index contributed by atoms with van der Waals surface area (Å²) in [7, 11) is -0.303. The highest BCUT2D eigenvalue weighted by Gasteiger charge is 1.83. The monoisotopic (exact) mass is 170 g/mol. The van der Waals surface area contributed by atoms with Gasteiger partial charge < -0.3 is 4.43 Å². The molecule has 0 radical (unpaired) electrons. The van der Waals surface area contributed by atoms with Crippen LogP contribution < -0.4 is 0 Å². The fourth-order valence-corrected chi connectivity index (χ4v) is 1.06. The predicted octanol–water partition coefficient (Wildman–Crippen LogP) is 2.07. The Morgan fingerprint density at radius 3 is 2.73 bits per heavy atom. The van der Waals surface area contributed by atoms with E-state index in [1.807, 2.05) is 0 Å². The minimum atomic E-state index is -0.303. The minimum absolute atomic E-state index is 0.303. The standard InChI is InChI=1S/C9H18OSi/c1-3-4-5-6-7-8-9-10-11-2/h3-7,11H2,1-2H3. The molecule has 0 saturated carbocycles.